The van der Waals surface area contributed by atoms with Gasteiger partial charge in [0.15, 0.2) is 11.5 Å². The number of aromatic nitrogens is 4. The Morgan fingerprint density at radius 1 is 1.20 bits per heavy atom. The van der Waals surface area contributed by atoms with E-state index in [-0.39, 0.29) is 0 Å². The number of anilines is 1. The van der Waals surface area contributed by atoms with Crippen LogP contribution in [0.15, 0.2) is 29.0 Å². The van der Waals surface area contributed by atoms with E-state index in [1.165, 1.54) is 6.26 Å². The van der Waals surface area contributed by atoms with E-state index < -0.39 is 0 Å². The molecule has 0 atom stereocenters. The van der Waals surface area contributed by atoms with Crippen LogP contribution in [-0.2, 0) is 0 Å². The third kappa shape index (κ3) is 1.23. The fraction of sp³-hybridized carbons (Fsp3) is 0. The molecule has 0 unspecified atom stereocenters. The maximum absolute atomic E-state index is 5.55. The smallest absolute Gasteiger partial charge is 0.180 e. The monoisotopic (exact) mass is 201 g/mol. The molecule has 3 heterocycles. The van der Waals surface area contributed by atoms with Gasteiger partial charge in [0.25, 0.3) is 0 Å². The average molecular weight is 201 g/mol. The molecule has 0 amide bonds. The van der Waals surface area contributed by atoms with Crippen molar-refractivity contribution >= 4 is 17.0 Å². The van der Waals surface area contributed by atoms with Gasteiger partial charge in [0.1, 0.15) is 17.8 Å². The number of nitrogen functional groups attached to an aromatic ring is 1. The molecule has 0 bridgehead atoms. The molecular formula is C9H7N5O. The van der Waals surface area contributed by atoms with Crippen LogP contribution in [0.25, 0.3) is 22.7 Å². The van der Waals surface area contributed by atoms with Gasteiger partial charge in [0, 0.05) is 6.07 Å². The van der Waals surface area contributed by atoms with E-state index in [1.807, 2.05) is 6.07 Å². The molecule has 0 aliphatic rings. The van der Waals surface area contributed by atoms with Gasteiger partial charge >= 0.3 is 0 Å². The molecule has 6 heteroatoms. The van der Waals surface area contributed by atoms with E-state index in [0.29, 0.717) is 23.0 Å². The lowest BCUT2D eigenvalue weighted by Crippen LogP contribution is -1.88. The number of nitrogens with two attached hydrogens (primary N) is 1. The Bertz CT molecular complexity index is 598. The van der Waals surface area contributed by atoms with Crippen LogP contribution in [0.1, 0.15) is 0 Å². The SMILES string of the molecule is Nc1ccc2[nH]c(-c3ccon3)nc2n1. The highest BCUT2D eigenvalue weighted by atomic mass is 16.5. The first-order valence-corrected chi connectivity index (χ1v) is 4.36. The maximum atomic E-state index is 5.55. The Hall–Kier alpha value is -2.37. The lowest BCUT2D eigenvalue weighted by Gasteiger charge is -1.88. The molecular weight excluding hydrogens is 194 g/mol. The number of rotatable bonds is 1. The van der Waals surface area contributed by atoms with E-state index in [4.69, 9.17) is 10.3 Å². The first-order valence-electron chi connectivity index (χ1n) is 4.36. The van der Waals surface area contributed by atoms with Crippen LogP contribution in [0.2, 0.25) is 0 Å². The van der Waals surface area contributed by atoms with Gasteiger partial charge in [0.2, 0.25) is 0 Å². The number of fused-ring (bicyclic) bond motifs is 1. The zero-order chi connectivity index (χ0) is 10.3. The largest absolute Gasteiger partial charge is 0.384 e. The van der Waals surface area contributed by atoms with Crippen LogP contribution < -0.4 is 5.73 Å². The topological polar surface area (TPSA) is 93.6 Å². The average Bonchev–Trinajstić information content (AvgIpc) is 2.84. The summed E-state index contributed by atoms with van der Waals surface area (Å²) in [5, 5.41) is 3.78. The Kier molecular flexibility index (Phi) is 1.49. The second-order valence-electron chi connectivity index (χ2n) is 3.08. The molecule has 0 saturated heterocycles. The number of nitrogens with one attached hydrogen (secondary N) is 1. The van der Waals surface area contributed by atoms with Crippen LogP contribution in [0, 0.1) is 0 Å². The van der Waals surface area contributed by atoms with Gasteiger partial charge in [-0.25, -0.2) is 9.97 Å². The minimum Gasteiger partial charge on any atom is -0.384 e. The number of imidazole rings is 1. The third-order valence-corrected chi connectivity index (χ3v) is 2.05. The quantitative estimate of drug-likeness (QED) is 0.616. The summed E-state index contributed by atoms with van der Waals surface area (Å²) in [6.07, 6.45) is 1.49. The second kappa shape index (κ2) is 2.81. The number of aromatic amines is 1. The molecule has 3 aromatic rings. The van der Waals surface area contributed by atoms with Crippen molar-refractivity contribution in [3.8, 4) is 11.5 Å². The van der Waals surface area contributed by atoms with Crippen molar-refractivity contribution in [1.82, 2.24) is 20.1 Å². The van der Waals surface area contributed by atoms with Crippen molar-refractivity contribution in [2.24, 2.45) is 0 Å². The summed E-state index contributed by atoms with van der Waals surface area (Å²) in [7, 11) is 0. The normalized spacial score (nSPS) is 10.9. The summed E-state index contributed by atoms with van der Waals surface area (Å²) in [4.78, 5) is 11.4. The lowest BCUT2D eigenvalue weighted by atomic mass is 10.4. The summed E-state index contributed by atoms with van der Waals surface area (Å²) in [5.74, 6) is 1.07. The molecule has 6 nitrogen and oxygen atoms in total. The molecule has 3 aromatic heterocycles. The Morgan fingerprint density at radius 3 is 2.93 bits per heavy atom. The van der Waals surface area contributed by atoms with Crippen LogP contribution in [0.3, 0.4) is 0 Å². The Balaban J connectivity index is 2.22. The predicted octanol–water partition coefficient (Wildman–Crippen LogP) is 1.20. The highest BCUT2D eigenvalue weighted by molar-refractivity contribution is 5.76. The second-order valence-corrected chi connectivity index (χ2v) is 3.08. The van der Waals surface area contributed by atoms with E-state index >= 15 is 0 Å². The minimum atomic E-state index is 0.445. The highest BCUT2D eigenvalue weighted by Gasteiger charge is 2.08. The van der Waals surface area contributed by atoms with Gasteiger partial charge in [-0.05, 0) is 12.1 Å². The van der Waals surface area contributed by atoms with Gasteiger partial charge in [-0.3, -0.25) is 0 Å². The lowest BCUT2D eigenvalue weighted by molar-refractivity contribution is 0.422. The van der Waals surface area contributed by atoms with Crippen molar-refractivity contribution in [3.63, 3.8) is 0 Å². The van der Waals surface area contributed by atoms with Crippen LogP contribution >= 0.6 is 0 Å². The minimum absolute atomic E-state index is 0.445. The summed E-state index contributed by atoms with van der Waals surface area (Å²) in [6.45, 7) is 0. The standard InChI is InChI=1S/C9H7N5O/c10-7-2-1-5-8(12-7)13-9(11-5)6-3-4-15-14-6/h1-4H,(H3,10,11,12,13). The molecule has 0 aliphatic heterocycles. The van der Waals surface area contributed by atoms with E-state index in [0.717, 1.165) is 5.52 Å². The molecule has 74 valence electrons. The van der Waals surface area contributed by atoms with Crippen LogP contribution in [-0.4, -0.2) is 20.1 Å². The molecule has 0 aromatic carbocycles. The molecule has 0 radical (unpaired) electrons. The molecule has 3 rings (SSSR count). The van der Waals surface area contributed by atoms with Gasteiger partial charge in [-0.15, -0.1) is 0 Å². The fourth-order valence-electron chi connectivity index (χ4n) is 1.36. The van der Waals surface area contributed by atoms with Crippen molar-refractivity contribution in [2.75, 3.05) is 5.73 Å². The fourth-order valence-corrected chi connectivity index (χ4v) is 1.36. The number of nitrogens with zero attached hydrogens (tertiary/aromatic N) is 3. The molecule has 0 saturated carbocycles. The van der Waals surface area contributed by atoms with Crippen molar-refractivity contribution < 1.29 is 4.52 Å². The van der Waals surface area contributed by atoms with Crippen molar-refractivity contribution in [2.45, 2.75) is 0 Å². The molecule has 0 aliphatic carbocycles. The van der Waals surface area contributed by atoms with Gasteiger partial charge in [-0.2, -0.15) is 0 Å². The van der Waals surface area contributed by atoms with E-state index in [2.05, 4.69) is 20.1 Å². The molecule has 15 heavy (non-hydrogen) atoms. The van der Waals surface area contributed by atoms with Crippen molar-refractivity contribution in [3.05, 3.63) is 24.5 Å². The van der Waals surface area contributed by atoms with Crippen molar-refractivity contribution in [1.29, 1.82) is 0 Å². The van der Waals surface area contributed by atoms with Gasteiger partial charge in [-0.1, -0.05) is 5.16 Å². The molecule has 0 spiro atoms. The highest BCUT2D eigenvalue weighted by Crippen LogP contribution is 2.17. The summed E-state index contributed by atoms with van der Waals surface area (Å²) in [5.41, 5.74) is 7.60. The van der Waals surface area contributed by atoms with Crippen LogP contribution in [0.4, 0.5) is 5.82 Å². The number of hydrogen-bond donors (Lipinski definition) is 2. The maximum Gasteiger partial charge on any atom is 0.180 e. The Labute approximate surface area is 84.1 Å². The molecule has 3 N–H and O–H groups in total. The van der Waals surface area contributed by atoms with E-state index in [9.17, 15) is 0 Å². The summed E-state index contributed by atoms with van der Waals surface area (Å²) >= 11 is 0. The summed E-state index contributed by atoms with van der Waals surface area (Å²) < 4.78 is 4.73. The predicted molar refractivity (Wildman–Crippen MR) is 53.8 cm³/mol. The Morgan fingerprint density at radius 2 is 2.13 bits per heavy atom. The summed E-state index contributed by atoms with van der Waals surface area (Å²) in [6, 6.07) is 5.27. The number of pyridine rings is 1. The zero-order valence-corrected chi connectivity index (χ0v) is 7.64. The number of hydrogen-bond acceptors (Lipinski definition) is 5. The van der Waals surface area contributed by atoms with Gasteiger partial charge < -0.3 is 15.2 Å². The molecule has 0 fully saturated rings. The first kappa shape index (κ1) is 7.98. The van der Waals surface area contributed by atoms with Crippen LogP contribution in [0.5, 0.6) is 0 Å². The first-order chi connectivity index (χ1) is 7.33. The zero-order valence-electron chi connectivity index (χ0n) is 7.64. The third-order valence-electron chi connectivity index (χ3n) is 2.05. The number of H-pyrrole nitrogens is 1. The van der Waals surface area contributed by atoms with E-state index in [1.54, 1.807) is 12.1 Å². The van der Waals surface area contributed by atoms with Gasteiger partial charge in [0.05, 0.1) is 5.52 Å².